The Labute approximate surface area is 164 Å². The van der Waals surface area contributed by atoms with Gasteiger partial charge in [0.15, 0.2) is 15.8 Å². The highest BCUT2D eigenvalue weighted by atomic mass is 32.2. The lowest BCUT2D eigenvalue weighted by Gasteiger charge is -2.14. The maximum atomic E-state index is 12.8. The zero-order chi connectivity index (χ0) is 19.0. The molecule has 27 heavy (non-hydrogen) atoms. The number of ether oxygens (including phenoxy) is 3. The van der Waals surface area contributed by atoms with Gasteiger partial charge in [0.05, 0.1) is 23.3 Å². The lowest BCUT2D eigenvalue weighted by atomic mass is 10.1. The van der Waals surface area contributed by atoms with E-state index in [1.165, 1.54) is 23.8 Å². The van der Waals surface area contributed by atoms with Crippen molar-refractivity contribution >= 4 is 51.9 Å². The fraction of sp³-hybridized carbons (Fsp3) is 0.105. The summed E-state index contributed by atoms with van der Waals surface area (Å²) in [5.74, 6) is 0.617. The summed E-state index contributed by atoms with van der Waals surface area (Å²) in [5, 5.41) is 0. The molecule has 2 heterocycles. The standard InChI is InChI=1S/C19H13NO5S2/c1-23-18(22)12-4-2-11(3-5-12)8-16-17(21)20(19(26)27-16)13-6-7-14-15(9-13)25-10-24-14/h2-9H,10H2,1H3/b16-8+. The summed E-state index contributed by atoms with van der Waals surface area (Å²) >= 11 is 6.61. The zero-order valence-corrected chi connectivity index (χ0v) is 15.8. The Balaban J connectivity index is 1.59. The Morgan fingerprint density at radius 1 is 1.19 bits per heavy atom. The van der Waals surface area contributed by atoms with E-state index < -0.39 is 5.97 Å². The van der Waals surface area contributed by atoms with Crippen LogP contribution in [0.5, 0.6) is 11.5 Å². The molecule has 2 aliphatic rings. The first kappa shape index (κ1) is 17.6. The molecule has 0 saturated carbocycles. The van der Waals surface area contributed by atoms with Gasteiger partial charge in [-0.25, -0.2) is 4.79 Å². The van der Waals surface area contributed by atoms with E-state index in [9.17, 15) is 9.59 Å². The Morgan fingerprint density at radius 3 is 2.67 bits per heavy atom. The molecular weight excluding hydrogens is 386 g/mol. The van der Waals surface area contributed by atoms with Crippen molar-refractivity contribution in [3.63, 3.8) is 0 Å². The zero-order valence-electron chi connectivity index (χ0n) is 14.1. The van der Waals surface area contributed by atoms with Crippen LogP contribution in [0.3, 0.4) is 0 Å². The SMILES string of the molecule is COC(=O)c1ccc(/C=C2/SC(=S)N(c3ccc4c(c3)OCO4)C2=O)cc1. The Hall–Kier alpha value is -2.84. The number of thioether (sulfide) groups is 1. The van der Waals surface area contributed by atoms with Crippen LogP contribution in [0, 0.1) is 0 Å². The predicted molar refractivity (Wildman–Crippen MR) is 106 cm³/mol. The van der Waals surface area contributed by atoms with Crippen LogP contribution in [-0.2, 0) is 9.53 Å². The van der Waals surface area contributed by atoms with Gasteiger partial charge < -0.3 is 14.2 Å². The number of carbonyl (C=O) groups is 2. The fourth-order valence-electron chi connectivity index (χ4n) is 2.70. The number of fused-ring (bicyclic) bond motifs is 1. The summed E-state index contributed by atoms with van der Waals surface area (Å²) in [6.07, 6.45) is 1.74. The highest BCUT2D eigenvalue weighted by molar-refractivity contribution is 8.27. The number of methoxy groups -OCH3 is 1. The van der Waals surface area contributed by atoms with E-state index in [1.807, 2.05) is 0 Å². The second kappa shape index (κ2) is 7.05. The fourth-order valence-corrected chi connectivity index (χ4v) is 4.00. The van der Waals surface area contributed by atoms with Gasteiger partial charge in [-0.15, -0.1) is 0 Å². The minimum absolute atomic E-state index is 0.165. The molecule has 2 aliphatic heterocycles. The third kappa shape index (κ3) is 3.29. The van der Waals surface area contributed by atoms with Crippen LogP contribution in [0.4, 0.5) is 5.69 Å². The quantitative estimate of drug-likeness (QED) is 0.444. The van der Waals surface area contributed by atoms with Crippen molar-refractivity contribution in [1.29, 1.82) is 0 Å². The summed E-state index contributed by atoms with van der Waals surface area (Å²) in [5.41, 5.74) is 1.86. The summed E-state index contributed by atoms with van der Waals surface area (Å²) in [6.45, 7) is 0.165. The lowest BCUT2D eigenvalue weighted by Crippen LogP contribution is -2.27. The van der Waals surface area contributed by atoms with Gasteiger partial charge in [0, 0.05) is 6.07 Å². The molecule has 0 aromatic heterocycles. The van der Waals surface area contributed by atoms with Gasteiger partial charge in [-0.3, -0.25) is 9.69 Å². The van der Waals surface area contributed by atoms with E-state index in [0.29, 0.717) is 32.0 Å². The number of esters is 1. The van der Waals surface area contributed by atoms with E-state index >= 15 is 0 Å². The van der Waals surface area contributed by atoms with Crippen molar-refractivity contribution in [2.24, 2.45) is 0 Å². The van der Waals surface area contributed by atoms with Crippen molar-refractivity contribution in [2.75, 3.05) is 18.8 Å². The van der Waals surface area contributed by atoms with E-state index in [4.69, 9.17) is 21.7 Å². The van der Waals surface area contributed by atoms with Crippen LogP contribution in [0.2, 0.25) is 0 Å². The molecule has 2 aromatic rings. The van der Waals surface area contributed by atoms with Gasteiger partial charge >= 0.3 is 5.97 Å². The van der Waals surface area contributed by atoms with Crippen LogP contribution in [0.1, 0.15) is 15.9 Å². The molecule has 0 spiro atoms. The van der Waals surface area contributed by atoms with E-state index in [-0.39, 0.29) is 12.7 Å². The molecule has 0 radical (unpaired) electrons. The van der Waals surface area contributed by atoms with Crippen LogP contribution in [-0.4, -0.2) is 30.1 Å². The third-order valence-electron chi connectivity index (χ3n) is 4.04. The van der Waals surface area contributed by atoms with Gasteiger partial charge in [0.25, 0.3) is 5.91 Å². The Bertz CT molecular complexity index is 984. The van der Waals surface area contributed by atoms with Gasteiger partial charge in [0.1, 0.15) is 0 Å². The number of thiocarbonyl (C=S) groups is 1. The molecule has 0 atom stereocenters. The minimum atomic E-state index is -0.407. The second-order valence-corrected chi connectivity index (χ2v) is 7.34. The lowest BCUT2D eigenvalue weighted by molar-refractivity contribution is -0.113. The maximum absolute atomic E-state index is 12.8. The van der Waals surface area contributed by atoms with Crippen molar-refractivity contribution < 1.29 is 23.8 Å². The number of benzene rings is 2. The van der Waals surface area contributed by atoms with E-state index in [1.54, 1.807) is 48.5 Å². The minimum Gasteiger partial charge on any atom is -0.465 e. The molecule has 136 valence electrons. The number of nitrogens with zero attached hydrogens (tertiary/aromatic N) is 1. The summed E-state index contributed by atoms with van der Waals surface area (Å²) in [7, 11) is 1.33. The smallest absolute Gasteiger partial charge is 0.337 e. The monoisotopic (exact) mass is 399 g/mol. The highest BCUT2D eigenvalue weighted by Crippen LogP contribution is 2.40. The molecule has 0 N–H and O–H groups in total. The topological polar surface area (TPSA) is 65.1 Å². The van der Waals surface area contributed by atoms with Crippen molar-refractivity contribution in [3.8, 4) is 11.5 Å². The molecule has 1 saturated heterocycles. The molecule has 1 fully saturated rings. The summed E-state index contributed by atoms with van der Waals surface area (Å²) in [6, 6.07) is 12.1. The Morgan fingerprint density at radius 2 is 1.93 bits per heavy atom. The van der Waals surface area contributed by atoms with Gasteiger partial charge in [0.2, 0.25) is 6.79 Å². The first-order valence-electron chi connectivity index (χ1n) is 7.93. The Kier molecular flexibility index (Phi) is 4.59. The number of hydrogen-bond acceptors (Lipinski definition) is 7. The first-order chi connectivity index (χ1) is 13.1. The van der Waals surface area contributed by atoms with Crippen LogP contribution < -0.4 is 14.4 Å². The van der Waals surface area contributed by atoms with Crippen molar-refractivity contribution in [3.05, 3.63) is 58.5 Å². The van der Waals surface area contributed by atoms with Gasteiger partial charge in [-0.1, -0.05) is 36.1 Å². The number of anilines is 1. The van der Waals surface area contributed by atoms with Crippen LogP contribution >= 0.6 is 24.0 Å². The molecule has 1 amide bonds. The average molecular weight is 399 g/mol. The number of carbonyl (C=O) groups excluding carboxylic acids is 2. The molecule has 0 unspecified atom stereocenters. The molecule has 6 nitrogen and oxygen atoms in total. The normalized spacial score (nSPS) is 16.9. The van der Waals surface area contributed by atoms with E-state index in [2.05, 4.69) is 4.74 Å². The highest BCUT2D eigenvalue weighted by Gasteiger charge is 2.34. The largest absolute Gasteiger partial charge is 0.465 e. The van der Waals surface area contributed by atoms with E-state index in [0.717, 1.165) is 5.56 Å². The molecule has 0 aliphatic carbocycles. The molecule has 2 aromatic carbocycles. The average Bonchev–Trinajstić information content (AvgIpc) is 3.25. The van der Waals surface area contributed by atoms with Crippen molar-refractivity contribution in [1.82, 2.24) is 0 Å². The first-order valence-corrected chi connectivity index (χ1v) is 9.15. The maximum Gasteiger partial charge on any atom is 0.337 e. The van der Waals surface area contributed by atoms with Crippen LogP contribution in [0.25, 0.3) is 6.08 Å². The van der Waals surface area contributed by atoms with Crippen LogP contribution in [0.15, 0.2) is 47.4 Å². The predicted octanol–water partition coefficient (Wildman–Crippen LogP) is 3.61. The summed E-state index contributed by atoms with van der Waals surface area (Å²) < 4.78 is 15.8. The third-order valence-corrected chi connectivity index (χ3v) is 5.34. The number of amides is 1. The molecule has 8 heteroatoms. The molecular formula is C19H13NO5S2. The summed E-state index contributed by atoms with van der Waals surface area (Å²) in [4.78, 5) is 26.3. The van der Waals surface area contributed by atoms with Gasteiger partial charge in [-0.05, 0) is 35.9 Å². The number of hydrogen-bond donors (Lipinski definition) is 0. The second-order valence-electron chi connectivity index (χ2n) is 5.67. The molecule has 0 bridgehead atoms. The number of rotatable bonds is 3. The molecule has 4 rings (SSSR count). The van der Waals surface area contributed by atoms with Gasteiger partial charge in [-0.2, -0.15) is 0 Å². The van der Waals surface area contributed by atoms with Crippen molar-refractivity contribution in [2.45, 2.75) is 0 Å².